The second-order valence-electron chi connectivity index (χ2n) is 4.03. The summed E-state index contributed by atoms with van der Waals surface area (Å²) in [5, 5.41) is 0. The first-order valence-corrected chi connectivity index (χ1v) is 6.22. The first kappa shape index (κ1) is 14.6. The minimum Gasteiger partial charge on any atom is -0.313 e. The van der Waals surface area contributed by atoms with E-state index in [0.29, 0.717) is 5.56 Å². The van der Waals surface area contributed by atoms with Gasteiger partial charge in [-0.05, 0) is 33.6 Å². The predicted octanol–water partition coefficient (Wildman–Crippen LogP) is 2.37. The van der Waals surface area contributed by atoms with E-state index in [1.54, 1.807) is 0 Å². The fourth-order valence-electron chi connectivity index (χ4n) is 1.61. The Morgan fingerprint density at radius 2 is 1.75 bits per heavy atom. The van der Waals surface area contributed by atoms with Gasteiger partial charge in [-0.25, -0.2) is 4.79 Å². The molecule has 4 nitrogen and oxygen atoms in total. The number of halogens is 4. The maximum absolute atomic E-state index is 12.4. The molecule has 2 rings (SSSR count). The quantitative estimate of drug-likeness (QED) is 0.905. The normalized spacial score (nSPS) is 11.6. The van der Waals surface area contributed by atoms with Crippen molar-refractivity contribution in [3.8, 4) is 0 Å². The molecular weight excluding hydrogens is 341 g/mol. The van der Waals surface area contributed by atoms with Crippen molar-refractivity contribution in [1.29, 1.82) is 0 Å². The van der Waals surface area contributed by atoms with Gasteiger partial charge in [0.2, 0.25) is 0 Å². The molecule has 20 heavy (non-hydrogen) atoms. The summed E-state index contributed by atoms with van der Waals surface area (Å²) in [6.45, 7) is -0.105. The number of aromatic nitrogens is 2. The lowest BCUT2D eigenvalue weighted by Gasteiger charge is -2.08. The van der Waals surface area contributed by atoms with E-state index in [1.807, 2.05) is 0 Å². The highest BCUT2D eigenvalue weighted by molar-refractivity contribution is 9.10. The average Bonchev–Trinajstić information content (AvgIpc) is 2.39. The summed E-state index contributed by atoms with van der Waals surface area (Å²) in [6.07, 6.45) is -3.20. The summed E-state index contributed by atoms with van der Waals surface area (Å²) in [7, 11) is 0. The molecule has 0 radical (unpaired) electrons. The maximum atomic E-state index is 12.4. The summed E-state index contributed by atoms with van der Waals surface area (Å²) in [6, 6.07) is 4.28. The molecule has 1 aromatic carbocycles. The van der Waals surface area contributed by atoms with Gasteiger partial charge in [-0.15, -0.1) is 0 Å². The van der Waals surface area contributed by atoms with Crippen molar-refractivity contribution >= 4 is 15.9 Å². The highest BCUT2D eigenvalue weighted by Crippen LogP contribution is 2.29. The van der Waals surface area contributed by atoms with Crippen LogP contribution in [0.3, 0.4) is 0 Å². The molecule has 0 fully saturated rings. The van der Waals surface area contributed by atoms with Crippen molar-refractivity contribution in [3.63, 3.8) is 0 Å². The van der Waals surface area contributed by atoms with Crippen molar-refractivity contribution in [2.75, 3.05) is 0 Å². The lowest BCUT2D eigenvalue weighted by molar-refractivity contribution is -0.137. The monoisotopic (exact) mass is 348 g/mol. The lowest BCUT2D eigenvalue weighted by Crippen LogP contribution is -2.35. The van der Waals surface area contributed by atoms with Crippen LogP contribution in [-0.4, -0.2) is 9.55 Å². The average molecular weight is 349 g/mol. The van der Waals surface area contributed by atoms with E-state index in [0.717, 1.165) is 16.7 Å². The van der Waals surface area contributed by atoms with Crippen molar-refractivity contribution in [3.05, 3.63) is 66.9 Å². The van der Waals surface area contributed by atoms with Gasteiger partial charge in [0.15, 0.2) is 0 Å². The Balaban J connectivity index is 2.35. The molecule has 0 aliphatic carbocycles. The van der Waals surface area contributed by atoms with E-state index in [1.165, 1.54) is 18.3 Å². The number of alkyl halides is 3. The molecule has 0 aliphatic heterocycles. The van der Waals surface area contributed by atoms with Gasteiger partial charge in [-0.1, -0.05) is 12.1 Å². The third-order valence-electron chi connectivity index (χ3n) is 2.64. The molecule has 1 N–H and O–H groups in total. The number of rotatable bonds is 2. The Bertz CT molecular complexity index is 732. The molecule has 0 saturated carbocycles. The molecular formula is C12H8BrF3N2O2. The minimum atomic E-state index is -4.41. The van der Waals surface area contributed by atoms with Crippen LogP contribution < -0.4 is 11.2 Å². The predicted molar refractivity (Wildman–Crippen MR) is 69.6 cm³/mol. The Morgan fingerprint density at radius 1 is 1.15 bits per heavy atom. The second-order valence-corrected chi connectivity index (χ2v) is 4.88. The SMILES string of the molecule is O=c1[nH]cc(Br)c(=O)n1Cc1ccc(C(F)(F)F)cc1. The van der Waals surface area contributed by atoms with Crippen LogP contribution in [0.1, 0.15) is 11.1 Å². The Hall–Kier alpha value is -1.83. The van der Waals surface area contributed by atoms with Crippen LogP contribution in [0.5, 0.6) is 0 Å². The molecule has 1 aromatic heterocycles. The van der Waals surface area contributed by atoms with Crippen LogP contribution in [0.4, 0.5) is 13.2 Å². The van der Waals surface area contributed by atoms with Gasteiger partial charge in [0.25, 0.3) is 5.56 Å². The number of H-pyrrole nitrogens is 1. The molecule has 0 bridgehead atoms. The molecule has 2 aromatic rings. The standard InChI is InChI=1S/C12H8BrF3N2O2/c13-9-5-17-11(20)18(10(9)19)6-7-1-3-8(4-2-7)12(14,15)16/h1-5H,6H2,(H,17,20). The molecule has 0 amide bonds. The van der Waals surface area contributed by atoms with Gasteiger partial charge in [-0.2, -0.15) is 13.2 Å². The number of hydrogen-bond acceptors (Lipinski definition) is 2. The molecule has 0 atom stereocenters. The molecule has 8 heteroatoms. The number of nitrogens with zero attached hydrogens (tertiary/aromatic N) is 1. The van der Waals surface area contributed by atoms with Crippen molar-refractivity contribution < 1.29 is 13.2 Å². The van der Waals surface area contributed by atoms with Gasteiger partial charge in [-0.3, -0.25) is 9.36 Å². The summed E-state index contributed by atoms with van der Waals surface area (Å²) in [5.74, 6) is 0. The summed E-state index contributed by atoms with van der Waals surface area (Å²) in [4.78, 5) is 25.6. The van der Waals surface area contributed by atoms with Crippen LogP contribution in [0.15, 0.2) is 44.5 Å². The highest BCUT2D eigenvalue weighted by atomic mass is 79.9. The minimum absolute atomic E-state index is 0.105. The zero-order chi connectivity index (χ0) is 14.9. The van der Waals surface area contributed by atoms with E-state index in [4.69, 9.17) is 0 Å². The Kier molecular flexibility index (Phi) is 3.85. The van der Waals surface area contributed by atoms with Crippen LogP contribution in [0, 0.1) is 0 Å². The van der Waals surface area contributed by atoms with Crippen molar-refractivity contribution in [1.82, 2.24) is 9.55 Å². The number of nitrogens with one attached hydrogen (secondary N) is 1. The van der Waals surface area contributed by atoms with Crippen molar-refractivity contribution in [2.24, 2.45) is 0 Å². The van der Waals surface area contributed by atoms with Gasteiger partial charge in [0.05, 0.1) is 16.6 Å². The Labute approximate surface area is 119 Å². The molecule has 1 heterocycles. The van der Waals surface area contributed by atoms with Gasteiger partial charge in [0, 0.05) is 6.20 Å². The third-order valence-corrected chi connectivity index (χ3v) is 3.21. The smallest absolute Gasteiger partial charge is 0.313 e. The van der Waals surface area contributed by atoms with Gasteiger partial charge < -0.3 is 4.98 Å². The second kappa shape index (κ2) is 5.28. The number of hydrogen-bond donors (Lipinski definition) is 1. The fraction of sp³-hybridized carbons (Fsp3) is 0.167. The zero-order valence-electron chi connectivity index (χ0n) is 9.87. The fourth-order valence-corrected chi connectivity index (χ4v) is 1.94. The largest absolute Gasteiger partial charge is 0.416 e. The summed E-state index contributed by atoms with van der Waals surface area (Å²) < 4.78 is 38.3. The number of aromatic amines is 1. The lowest BCUT2D eigenvalue weighted by atomic mass is 10.1. The topological polar surface area (TPSA) is 54.9 Å². The van der Waals surface area contributed by atoms with E-state index in [-0.39, 0.29) is 11.0 Å². The van der Waals surface area contributed by atoms with Crippen LogP contribution in [0.2, 0.25) is 0 Å². The van der Waals surface area contributed by atoms with Gasteiger partial charge in [0.1, 0.15) is 0 Å². The summed E-state index contributed by atoms with van der Waals surface area (Å²) >= 11 is 2.98. The molecule has 0 unspecified atom stereocenters. The first-order valence-electron chi connectivity index (χ1n) is 5.43. The van der Waals surface area contributed by atoms with Crippen LogP contribution >= 0.6 is 15.9 Å². The third kappa shape index (κ3) is 3.01. The Morgan fingerprint density at radius 3 is 2.30 bits per heavy atom. The van der Waals surface area contributed by atoms with Crippen LogP contribution in [0.25, 0.3) is 0 Å². The van der Waals surface area contributed by atoms with E-state index in [9.17, 15) is 22.8 Å². The van der Waals surface area contributed by atoms with Gasteiger partial charge >= 0.3 is 11.9 Å². The molecule has 0 saturated heterocycles. The molecule has 0 aliphatic rings. The number of benzene rings is 1. The highest BCUT2D eigenvalue weighted by Gasteiger charge is 2.29. The zero-order valence-corrected chi connectivity index (χ0v) is 11.5. The molecule has 106 valence electrons. The van der Waals surface area contributed by atoms with E-state index < -0.39 is 23.0 Å². The van der Waals surface area contributed by atoms with E-state index in [2.05, 4.69) is 20.9 Å². The maximum Gasteiger partial charge on any atom is 0.416 e. The summed E-state index contributed by atoms with van der Waals surface area (Å²) in [5.41, 5.74) is -1.54. The molecule has 0 spiro atoms. The van der Waals surface area contributed by atoms with Crippen LogP contribution in [-0.2, 0) is 12.7 Å². The van der Waals surface area contributed by atoms with Crippen molar-refractivity contribution in [2.45, 2.75) is 12.7 Å². The van der Waals surface area contributed by atoms with E-state index >= 15 is 0 Å². The first-order chi connectivity index (χ1) is 9.29.